The van der Waals surface area contributed by atoms with Crippen LogP contribution in [-0.2, 0) is 6.54 Å². The molecule has 0 radical (unpaired) electrons. The van der Waals surface area contributed by atoms with Gasteiger partial charge in [0.05, 0.1) is 15.4 Å². The van der Waals surface area contributed by atoms with E-state index in [4.69, 9.17) is 33.3 Å². The van der Waals surface area contributed by atoms with Gasteiger partial charge < -0.3 is 20.4 Å². The zero-order chi connectivity index (χ0) is 30.9. The van der Waals surface area contributed by atoms with E-state index in [1.54, 1.807) is 24.4 Å². The van der Waals surface area contributed by atoms with Crippen molar-refractivity contribution in [3.05, 3.63) is 98.9 Å². The van der Waals surface area contributed by atoms with Crippen molar-refractivity contribution < 1.29 is 0 Å². The molecule has 0 amide bonds. The summed E-state index contributed by atoms with van der Waals surface area (Å²) in [4.78, 5) is 27.9. The van der Waals surface area contributed by atoms with E-state index >= 15 is 0 Å². The number of aromatic nitrogens is 4. The van der Waals surface area contributed by atoms with Gasteiger partial charge in [0.25, 0.3) is 5.56 Å². The number of hydrogen-bond acceptors (Lipinski definition) is 8. The maximum absolute atomic E-state index is 13.8. The zero-order valence-corrected chi connectivity index (χ0v) is 26.5. The van der Waals surface area contributed by atoms with Gasteiger partial charge in [0.2, 0.25) is 5.95 Å². The molecule has 0 spiro atoms. The van der Waals surface area contributed by atoms with E-state index in [0.29, 0.717) is 44.3 Å². The number of rotatable bonds is 8. The highest BCUT2D eigenvalue weighted by Gasteiger charge is 2.21. The second kappa shape index (κ2) is 12.8. The molecule has 3 aromatic carbocycles. The Hall–Kier alpha value is -4.02. The first-order valence-corrected chi connectivity index (χ1v) is 16.1. The number of hydrogen-bond donors (Lipinski definition) is 2. The number of benzene rings is 3. The minimum atomic E-state index is -0.408. The summed E-state index contributed by atoms with van der Waals surface area (Å²) in [6.45, 7) is 4.85. The molecule has 0 unspecified atom stereocenters. The monoisotopic (exact) mass is 640 g/mol. The molecule has 11 heteroatoms. The molecule has 2 aliphatic rings. The normalized spacial score (nSPS) is 15.8. The van der Waals surface area contributed by atoms with E-state index in [9.17, 15) is 4.79 Å². The first-order chi connectivity index (χ1) is 21.9. The van der Waals surface area contributed by atoms with E-state index in [-0.39, 0.29) is 0 Å². The lowest BCUT2D eigenvalue weighted by molar-refractivity contribution is 0.313. The summed E-state index contributed by atoms with van der Waals surface area (Å²) in [5.41, 5.74) is 4.86. The van der Waals surface area contributed by atoms with E-state index in [0.717, 1.165) is 49.5 Å². The lowest BCUT2D eigenvalue weighted by Crippen LogP contribution is -2.44. The van der Waals surface area contributed by atoms with Crippen LogP contribution in [0.1, 0.15) is 24.8 Å². The van der Waals surface area contributed by atoms with Crippen LogP contribution in [0, 0.1) is 0 Å². The molecular weight excluding hydrogens is 607 g/mol. The highest BCUT2D eigenvalue weighted by molar-refractivity contribution is 6.37. The largest absolute Gasteiger partial charge is 0.369 e. The van der Waals surface area contributed by atoms with Crippen molar-refractivity contribution in [2.75, 3.05) is 43.4 Å². The molecule has 1 aliphatic carbocycles. The lowest BCUT2D eigenvalue weighted by atomic mass is 9.93. The Morgan fingerprint density at radius 2 is 1.67 bits per heavy atom. The summed E-state index contributed by atoms with van der Waals surface area (Å²) in [5, 5.41) is 12.7. The van der Waals surface area contributed by atoms with Gasteiger partial charge in [0, 0.05) is 61.9 Å². The highest BCUT2D eigenvalue weighted by atomic mass is 35.5. The maximum atomic E-state index is 13.8. The van der Waals surface area contributed by atoms with E-state index in [2.05, 4.69) is 56.7 Å². The van der Waals surface area contributed by atoms with E-state index in [1.165, 1.54) is 29.6 Å². The molecule has 2 aromatic heterocycles. The van der Waals surface area contributed by atoms with Crippen LogP contribution in [-0.4, -0.2) is 63.9 Å². The van der Waals surface area contributed by atoms with Crippen LogP contribution in [0.25, 0.3) is 27.8 Å². The molecule has 3 heterocycles. The fourth-order valence-corrected chi connectivity index (χ4v) is 6.33. The molecule has 230 valence electrons. The molecule has 1 saturated carbocycles. The molecule has 1 aliphatic heterocycles. The predicted octanol–water partition coefficient (Wildman–Crippen LogP) is 6.29. The van der Waals surface area contributed by atoms with Crippen molar-refractivity contribution in [2.45, 2.75) is 31.8 Å². The van der Waals surface area contributed by atoms with Gasteiger partial charge in [-0.05, 0) is 67.9 Å². The highest BCUT2D eigenvalue weighted by Crippen LogP contribution is 2.31. The van der Waals surface area contributed by atoms with Crippen LogP contribution in [0.2, 0.25) is 10.0 Å². The van der Waals surface area contributed by atoms with Gasteiger partial charge in [-0.2, -0.15) is 9.78 Å². The first kappa shape index (κ1) is 29.7. The van der Waals surface area contributed by atoms with Gasteiger partial charge >= 0.3 is 0 Å². The average Bonchev–Trinajstić information content (AvgIpc) is 3.02. The number of halogens is 2. The molecule has 7 rings (SSSR count). The standard InChI is InChI=1S/C34H34Cl2N8O/c1-42-15-17-43(18-16-42)26-13-11-25(12-14-26)39-34-38-21-27-31(40-34)30(23-6-2-5-22(19-23)20-37-24-7-3-8-24)41-44(33(27)45)32-28(35)9-4-10-29(32)36/h2,4-6,9-14,19,21,24,37H,3,7-8,15-18,20H2,1H3,(H,38,39,40). The molecule has 2 fully saturated rings. The third-order valence-electron chi connectivity index (χ3n) is 8.68. The number of para-hydroxylation sites is 1. The number of piperazine rings is 1. The summed E-state index contributed by atoms with van der Waals surface area (Å²) in [6.07, 6.45) is 5.23. The Labute approximate surface area is 271 Å². The first-order valence-electron chi connectivity index (χ1n) is 15.3. The Balaban J connectivity index is 1.27. The summed E-state index contributed by atoms with van der Waals surface area (Å²) in [5.74, 6) is 0.369. The van der Waals surface area contributed by atoms with Crippen molar-refractivity contribution in [3.8, 4) is 16.9 Å². The van der Waals surface area contributed by atoms with Gasteiger partial charge in [0.1, 0.15) is 16.9 Å². The van der Waals surface area contributed by atoms with Gasteiger partial charge in [-0.25, -0.2) is 9.97 Å². The Morgan fingerprint density at radius 1 is 0.933 bits per heavy atom. The second-order valence-corrected chi connectivity index (χ2v) is 12.6. The summed E-state index contributed by atoms with van der Waals surface area (Å²) in [6, 6.07) is 22.1. The van der Waals surface area contributed by atoms with E-state index < -0.39 is 5.56 Å². The Morgan fingerprint density at radius 3 is 2.38 bits per heavy atom. The van der Waals surface area contributed by atoms with Crippen molar-refractivity contribution in [3.63, 3.8) is 0 Å². The van der Waals surface area contributed by atoms with Crippen molar-refractivity contribution in [1.29, 1.82) is 0 Å². The van der Waals surface area contributed by atoms with Crippen LogP contribution in [0.4, 0.5) is 17.3 Å². The number of nitrogens with zero attached hydrogens (tertiary/aromatic N) is 6. The molecule has 1 saturated heterocycles. The molecule has 9 nitrogen and oxygen atoms in total. The summed E-state index contributed by atoms with van der Waals surface area (Å²) >= 11 is 13.1. The molecule has 0 atom stereocenters. The van der Waals surface area contributed by atoms with Crippen molar-refractivity contribution in [1.82, 2.24) is 30.0 Å². The lowest BCUT2D eigenvalue weighted by Gasteiger charge is -2.34. The smallest absolute Gasteiger partial charge is 0.282 e. The molecule has 45 heavy (non-hydrogen) atoms. The van der Waals surface area contributed by atoms with Gasteiger partial charge in [-0.3, -0.25) is 4.79 Å². The predicted molar refractivity (Wildman–Crippen MR) is 182 cm³/mol. The number of likely N-dealkylation sites (N-methyl/N-ethyl adjacent to an activating group) is 1. The Bertz CT molecular complexity index is 1880. The fourth-order valence-electron chi connectivity index (χ4n) is 5.78. The molecule has 0 bridgehead atoms. The molecule has 2 N–H and O–H groups in total. The fraction of sp³-hybridized carbons (Fsp3) is 0.294. The SMILES string of the molecule is CN1CCN(c2ccc(Nc3ncc4c(=O)n(-c5c(Cl)cccc5Cl)nc(-c5cccc(CNC6CCC6)c5)c4n3)cc2)CC1. The van der Waals surface area contributed by atoms with Crippen LogP contribution in [0.15, 0.2) is 77.7 Å². The van der Waals surface area contributed by atoms with Crippen LogP contribution < -0.4 is 21.1 Å². The van der Waals surface area contributed by atoms with Gasteiger partial charge in [0.15, 0.2) is 0 Å². The number of nitrogens with one attached hydrogen (secondary N) is 2. The van der Waals surface area contributed by atoms with Crippen LogP contribution in [0.5, 0.6) is 0 Å². The number of fused-ring (bicyclic) bond motifs is 1. The van der Waals surface area contributed by atoms with Gasteiger partial charge in [-0.1, -0.05) is 53.9 Å². The zero-order valence-electron chi connectivity index (χ0n) is 25.0. The maximum Gasteiger partial charge on any atom is 0.282 e. The van der Waals surface area contributed by atoms with E-state index in [1.807, 2.05) is 24.3 Å². The minimum absolute atomic E-state index is 0.310. The van der Waals surface area contributed by atoms with Crippen molar-refractivity contribution >= 4 is 51.4 Å². The Kier molecular flexibility index (Phi) is 8.42. The van der Waals surface area contributed by atoms with Gasteiger partial charge in [-0.15, -0.1) is 0 Å². The quantitative estimate of drug-likeness (QED) is 0.205. The third-order valence-corrected chi connectivity index (χ3v) is 9.29. The van der Waals surface area contributed by atoms with Crippen LogP contribution >= 0.6 is 23.2 Å². The van der Waals surface area contributed by atoms with Crippen LogP contribution in [0.3, 0.4) is 0 Å². The second-order valence-electron chi connectivity index (χ2n) is 11.8. The molecular formula is C34H34Cl2N8O. The minimum Gasteiger partial charge on any atom is -0.369 e. The summed E-state index contributed by atoms with van der Waals surface area (Å²) < 4.78 is 1.26. The summed E-state index contributed by atoms with van der Waals surface area (Å²) in [7, 11) is 2.15. The third kappa shape index (κ3) is 6.26. The van der Waals surface area contributed by atoms with Crippen molar-refractivity contribution in [2.24, 2.45) is 0 Å². The molecule has 5 aromatic rings. The topological polar surface area (TPSA) is 91.2 Å². The number of anilines is 3. The average molecular weight is 642 g/mol.